The van der Waals surface area contributed by atoms with Crippen LogP contribution >= 0.6 is 0 Å². The van der Waals surface area contributed by atoms with Crippen LogP contribution in [0.25, 0.3) is 10.9 Å². The van der Waals surface area contributed by atoms with Gasteiger partial charge >= 0.3 is 5.97 Å². The highest BCUT2D eigenvalue weighted by molar-refractivity contribution is 5.89. The van der Waals surface area contributed by atoms with Crippen LogP contribution in [0, 0.1) is 6.92 Å². The Labute approximate surface area is 188 Å². The van der Waals surface area contributed by atoms with Gasteiger partial charge in [0.1, 0.15) is 6.10 Å². The van der Waals surface area contributed by atoms with Crippen molar-refractivity contribution >= 4 is 16.9 Å². The molecule has 0 N–H and O–H groups in total. The number of carbonyl (C=O) groups is 1. The summed E-state index contributed by atoms with van der Waals surface area (Å²) in [7, 11) is 2.17. The number of likely N-dealkylation sites (N-methyl/N-ethyl adjacent to an activating group) is 1. The van der Waals surface area contributed by atoms with Gasteiger partial charge in [0.05, 0.1) is 12.1 Å². The van der Waals surface area contributed by atoms with E-state index in [4.69, 9.17) is 4.74 Å². The average molecular weight is 426 g/mol. The van der Waals surface area contributed by atoms with Crippen LogP contribution in [-0.4, -0.2) is 34.0 Å². The molecule has 0 spiro atoms. The Morgan fingerprint density at radius 2 is 1.88 bits per heavy atom. The predicted octanol–water partition coefficient (Wildman–Crippen LogP) is 4.93. The summed E-state index contributed by atoms with van der Waals surface area (Å²) in [6, 6.07) is 19.7. The number of nitrogens with zero attached hydrogens (tertiary/aromatic N) is 3. The maximum atomic E-state index is 12.9. The molecule has 2 aromatic heterocycles. The molecule has 32 heavy (non-hydrogen) atoms. The van der Waals surface area contributed by atoms with Crippen molar-refractivity contribution < 1.29 is 9.53 Å². The summed E-state index contributed by atoms with van der Waals surface area (Å²) in [5, 5.41) is 1.30. The minimum atomic E-state index is -0.411. The van der Waals surface area contributed by atoms with Gasteiger partial charge in [-0.25, -0.2) is 4.79 Å². The number of esters is 1. The third kappa shape index (κ3) is 3.92. The van der Waals surface area contributed by atoms with Crippen LogP contribution in [0.2, 0.25) is 0 Å². The third-order valence-electron chi connectivity index (χ3n) is 6.29. The number of benzene rings is 2. The minimum absolute atomic E-state index is 0.312. The number of aromatic nitrogens is 2. The first-order chi connectivity index (χ1) is 15.6. The lowest BCUT2D eigenvalue weighted by Gasteiger charge is -2.26. The molecule has 4 aromatic rings. The van der Waals surface area contributed by atoms with E-state index < -0.39 is 6.10 Å². The summed E-state index contributed by atoms with van der Waals surface area (Å²) >= 11 is 0. The minimum Gasteiger partial charge on any atom is -0.452 e. The van der Waals surface area contributed by atoms with E-state index in [-0.39, 0.29) is 5.97 Å². The van der Waals surface area contributed by atoms with E-state index in [1.165, 1.54) is 27.7 Å². The van der Waals surface area contributed by atoms with E-state index in [0.717, 1.165) is 25.1 Å². The number of rotatable bonds is 5. The molecule has 5 rings (SSSR count). The van der Waals surface area contributed by atoms with Crippen LogP contribution in [0.5, 0.6) is 0 Å². The van der Waals surface area contributed by atoms with Crippen LogP contribution < -0.4 is 0 Å². The smallest absolute Gasteiger partial charge is 0.338 e. The van der Waals surface area contributed by atoms with Gasteiger partial charge < -0.3 is 14.2 Å². The number of hydrogen-bond acceptors (Lipinski definition) is 4. The van der Waals surface area contributed by atoms with E-state index in [2.05, 4.69) is 46.6 Å². The maximum absolute atomic E-state index is 12.9. The molecule has 3 heterocycles. The molecule has 1 aliphatic heterocycles. The highest BCUT2D eigenvalue weighted by atomic mass is 16.5. The summed E-state index contributed by atoms with van der Waals surface area (Å²) in [5.74, 6) is -0.312. The quantitative estimate of drug-likeness (QED) is 0.425. The van der Waals surface area contributed by atoms with E-state index in [9.17, 15) is 4.79 Å². The fourth-order valence-corrected chi connectivity index (χ4v) is 4.63. The van der Waals surface area contributed by atoms with Gasteiger partial charge in [-0.05, 0) is 61.5 Å². The maximum Gasteiger partial charge on any atom is 0.338 e. The van der Waals surface area contributed by atoms with E-state index >= 15 is 0 Å². The van der Waals surface area contributed by atoms with Gasteiger partial charge in [0, 0.05) is 48.5 Å². The molecule has 5 nitrogen and oxygen atoms in total. The van der Waals surface area contributed by atoms with Crippen molar-refractivity contribution in [2.24, 2.45) is 0 Å². The van der Waals surface area contributed by atoms with Gasteiger partial charge in [0.25, 0.3) is 0 Å². The molecule has 162 valence electrons. The highest BCUT2D eigenvalue weighted by Gasteiger charge is 2.26. The molecule has 1 atom stereocenters. The Hall–Kier alpha value is -3.44. The molecule has 0 saturated carbocycles. The van der Waals surface area contributed by atoms with E-state index in [1.807, 2.05) is 30.3 Å². The molecule has 0 fully saturated rings. The van der Waals surface area contributed by atoms with Crippen LogP contribution in [0.15, 0.2) is 73.1 Å². The fraction of sp³-hybridized carbons (Fsp3) is 0.259. The van der Waals surface area contributed by atoms with E-state index in [0.29, 0.717) is 12.1 Å². The summed E-state index contributed by atoms with van der Waals surface area (Å²) in [6.07, 6.45) is 4.07. The summed E-state index contributed by atoms with van der Waals surface area (Å²) in [6.45, 7) is 4.66. The molecule has 2 aromatic carbocycles. The fourth-order valence-electron chi connectivity index (χ4n) is 4.63. The molecule has 1 aliphatic rings. The first-order valence-electron chi connectivity index (χ1n) is 11.1. The Balaban J connectivity index is 1.56. The van der Waals surface area contributed by atoms with Crippen molar-refractivity contribution in [1.29, 1.82) is 0 Å². The van der Waals surface area contributed by atoms with Gasteiger partial charge in [-0.3, -0.25) is 4.98 Å². The molecule has 0 bridgehead atoms. The number of carbonyl (C=O) groups excluding carboxylic acids is 1. The third-order valence-corrected chi connectivity index (χ3v) is 6.29. The number of hydrogen-bond donors (Lipinski definition) is 0. The first kappa shape index (κ1) is 20.5. The Morgan fingerprint density at radius 1 is 1.09 bits per heavy atom. The zero-order valence-corrected chi connectivity index (χ0v) is 18.5. The molecule has 1 unspecified atom stereocenters. The van der Waals surface area contributed by atoms with Crippen LogP contribution in [0.4, 0.5) is 0 Å². The Morgan fingerprint density at radius 3 is 2.66 bits per heavy atom. The lowest BCUT2D eigenvalue weighted by atomic mass is 10.0. The van der Waals surface area contributed by atoms with Crippen LogP contribution in [0.3, 0.4) is 0 Å². The molecule has 5 heteroatoms. The number of ether oxygens (including phenoxy) is 1. The summed E-state index contributed by atoms with van der Waals surface area (Å²) in [5.41, 5.74) is 6.69. The predicted molar refractivity (Wildman–Crippen MR) is 126 cm³/mol. The summed E-state index contributed by atoms with van der Waals surface area (Å²) < 4.78 is 8.44. The molecule has 0 radical (unpaired) electrons. The molecule has 0 aliphatic carbocycles. The lowest BCUT2D eigenvalue weighted by molar-refractivity contribution is 0.0255. The largest absolute Gasteiger partial charge is 0.452 e. The van der Waals surface area contributed by atoms with Crippen LogP contribution in [-0.2, 0) is 24.2 Å². The molecular formula is C27H27N3O2. The highest BCUT2D eigenvalue weighted by Crippen LogP contribution is 2.33. The second-order valence-electron chi connectivity index (χ2n) is 8.58. The van der Waals surface area contributed by atoms with Gasteiger partial charge in [0.2, 0.25) is 0 Å². The van der Waals surface area contributed by atoms with Crippen LogP contribution in [0.1, 0.15) is 38.8 Å². The van der Waals surface area contributed by atoms with E-state index in [1.54, 1.807) is 24.5 Å². The topological polar surface area (TPSA) is 47.4 Å². The van der Waals surface area contributed by atoms with Gasteiger partial charge in [-0.15, -0.1) is 0 Å². The number of pyridine rings is 1. The Kier molecular flexibility index (Phi) is 5.50. The lowest BCUT2D eigenvalue weighted by Crippen LogP contribution is -2.28. The standard InChI is InChI=1S/C27H27N3O2/c1-19-8-9-24-22(16-19)23-17-29(2)15-12-25(23)30(24)18-26(20-10-13-28-14-11-20)32-27(31)21-6-4-3-5-7-21/h3-11,13-14,16,26H,12,15,17-18H2,1-2H3. The van der Waals surface area contributed by atoms with Crippen molar-refractivity contribution in [3.8, 4) is 0 Å². The molecule has 0 amide bonds. The molecular weight excluding hydrogens is 398 g/mol. The van der Waals surface area contributed by atoms with Crippen molar-refractivity contribution in [2.75, 3.05) is 13.6 Å². The first-order valence-corrected chi connectivity index (χ1v) is 11.1. The summed E-state index contributed by atoms with van der Waals surface area (Å²) in [4.78, 5) is 19.5. The van der Waals surface area contributed by atoms with Crippen molar-refractivity contribution in [2.45, 2.75) is 32.5 Å². The second kappa shape index (κ2) is 8.60. The van der Waals surface area contributed by atoms with Crippen molar-refractivity contribution in [3.05, 3.63) is 101 Å². The SMILES string of the molecule is Cc1ccc2c(c1)c1c(n2CC(OC(=O)c2ccccc2)c2ccncc2)CCN(C)C1. The van der Waals surface area contributed by atoms with Crippen molar-refractivity contribution in [3.63, 3.8) is 0 Å². The molecule has 0 saturated heterocycles. The normalized spacial score (nSPS) is 14.8. The number of aryl methyl sites for hydroxylation is 1. The number of fused-ring (bicyclic) bond motifs is 3. The zero-order valence-electron chi connectivity index (χ0n) is 18.5. The average Bonchev–Trinajstić information content (AvgIpc) is 3.11. The van der Waals surface area contributed by atoms with Crippen molar-refractivity contribution in [1.82, 2.24) is 14.5 Å². The Bertz CT molecular complexity index is 1250. The van der Waals surface area contributed by atoms with Gasteiger partial charge in [0.15, 0.2) is 0 Å². The second-order valence-corrected chi connectivity index (χ2v) is 8.58. The zero-order chi connectivity index (χ0) is 22.1. The monoisotopic (exact) mass is 425 g/mol. The van der Waals surface area contributed by atoms with Gasteiger partial charge in [-0.2, -0.15) is 0 Å². The van der Waals surface area contributed by atoms with Gasteiger partial charge in [-0.1, -0.05) is 29.8 Å².